The average molecular weight is 505 g/mol. The molecule has 0 unspecified atom stereocenters. The molecule has 0 spiro atoms. The number of carbonyl (C=O) groups is 2. The second-order valence-electron chi connectivity index (χ2n) is 8.20. The van der Waals surface area contributed by atoms with Crippen LogP contribution in [0.2, 0.25) is 0 Å². The minimum absolute atomic E-state index is 0.114. The fourth-order valence-electron chi connectivity index (χ4n) is 3.98. The Balaban J connectivity index is 1.52. The number of aliphatic hydroxyl groups excluding tert-OH is 1. The number of amides is 1. The Hall–Kier alpha value is -3.75. The molecule has 0 aliphatic heterocycles. The molecule has 0 fully saturated rings. The SMILES string of the molecule is CCc1ccc(C(=O)CNC(=O)c2ccc(OCCO)c(OC)c2)nc1-c1csc2c(C)cccc12. The van der Waals surface area contributed by atoms with E-state index in [1.165, 1.54) is 23.4 Å². The second kappa shape index (κ2) is 11.3. The van der Waals surface area contributed by atoms with Gasteiger partial charge in [0.05, 0.1) is 26.0 Å². The molecule has 0 atom stereocenters. The Bertz CT molecular complexity index is 1410. The van der Waals surface area contributed by atoms with Crippen LogP contribution in [0.25, 0.3) is 21.3 Å². The van der Waals surface area contributed by atoms with Crippen LogP contribution in [-0.4, -0.2) is 48.6 Å². The van der Waals surface area contributed by atoms with Gasteiger partial charge in [-0.3, -0.25) is 9.59 Å². The first-order chi connectivity index (χ1) is 17.5. The van der Waals surface area contributed by atoms with Crippen molar-refractivity contribution >= 4 is 33.1 Å². The lowest BCUT2D eigenvalue weighted by atomic mass is 10.0. The smallest absolute Gasteiger partial charge is 0.251 e. The van der Waals surface area contributed by atoms with Crippen molar-refractivity contribution in [3.63, 3.8) is 0 Å². The van der Waals surface area contributed by atoms with Crippen molar-refractivity contribution in [3.8, 4) is 22.8 Å². The number of pyridine rings is 1. The molecule has 4 aromatic rings. The van der Waals surface area contributed by atoms with Crippen molar-refractivity contribution in [1.29, 1.82) is 0 Å². The van der Waals surface area contributed by atoms with Gasteiger partial charge in [0.25, 0.3) is 5.91 Å². The molecule has 1 amide bonds. The molecule has 0 saturated carbocycles. The molecule has 2 heterocycles. The molecule has 4 rings (SSSR count). The van der Waals surface area contributed by atoms with E-state index in [0.29, 0.717) is 22.8 Å². The number of nitrogens with one attached hydrogen (secondary N) is 1. The van der Waals surface area contributed by atoms with Crippen molar-refractivity contribution in [2.75, 3.05) is 26.9 Å². The fraction of sp³-hybridized carbons (Fsp3) is 0.250. The van der Waals surface area contributed by atoms with E-state index >= 15 is 0 Å². The van der Waals surface area contributed by atoms with Crippen molar-refractivity contribution in [3.05, 3.63) is 76.3 Å². The molecule has 0 aliphatic rings. The highest BCUT2D eigenvalue weighted by molar-refractivity contribution is 7.18. The number of fused-ring (bicyclic) bond motifs is 1. The lowest BCUT2D eigenvalue weighted by molar-refractivity contribution is 0.0902. The molecule has 7 nitrogen and oxygen atoms in total. The highest BCUT2D eigenvalue weighted by Crippen LogP contribution is 2.36. The Morgan fingerprint density at radius 2 is 1.94 bits per heavy atom. The summed E-state index contributed by atoms with van der Waals surface area (Å²) in [5, 5.41) is 14.8. The molecule has 2 aromatic heterocycles. The molecule has 36 heavy (non-hydrogen) atoms. The number of carbonyl (C=O) groups excluding carboxylic acids is 2. The van der Waals surface area contributed by atoms with Gasteiger partial charge in [0.2, 0.25) is 0 Å². The minimum Gasteiger partial charge on any atom is -0.493 e. The van der Waals surface area contributed by atoms with Crippen molar-refractivity contribution in [1.82, 2.24) is 10.3 Å². The molecule has 0 radical (unpaired) electrons. The first kappa shape index (κ1) is 25.3. The lowest BCUT2D eigenvalue weighted by Gasteiger charge is -2.12. The summed E-state index contributed by atoms with van der Waals surface area (Å²) < 4.78 is 11.9. The van der Waals surface area contributed by atoms with Gasteiger partial charge in [0.15, 0.2) is 17.3 Å². The molecule has 0 aliphatic carbocycles. The lowest BCUT2D eigenvalue weighted by Crippen LogP contribution is -2.30. The molecule has 2 N–H and O–H groups in total. The zero-order valence-corrected chi connectivity index (χ0v) is 21.3. The second-order valence-corrected chi connectivity index (χ2v) is 9.08. The molecule has 0 bridgehead atoms. The number of ether oxygens (including phenoxy) is 2. The van der Waals surface area contributed by atoms with E-state index < -0.39 is 5.91 Å². The number of rotatable bonds is 10. The maximum Gasteiger partial charge on any atom is 0.251 e. The third-order valence-electron chi connectivity index (χ3n) is 5.88. The van der Waals surface area contributed by atoms with Crippen LogP contribution in [0.3, 0.4) is 0 Å². The van der Waals surface area contributed by atoms with Gasteiger partial charge >= 0.3 is 0 Å². The number of aryl methyl sites for hydroxylation is 2. The molecular weight excluding hydrogens is 476 g/mol. The summed E-state index contributed by atoms with van der Waals surface area (Å²) >= 11 is 1.68. The number of methoxy groups -OCH3 is 1. The Morgan fingerprint density at radius 3 is 2.69 bits per heavy atom. The van der Waals surface area contributed by atoms with E-state index in [-0.39, 0.29) is 25.5 Å². The molecule has 8 heteroatoms. The summed E-state index contributed by atoms with van der Waals surface area (Å²) in [5.41, 5.74) is 4.72. The Morgan fingerprint density at radius 1 is 1.11 bits per heavy atom. The zero-order valence-electron chi connectivity index (χ0n) is 20.5. The highest BCUT2D eigenvalue weighted by Gasteiger charge is 2.18. The van der Waals surface area contributed by atoms with E-state index in [2.05, 4.69) is 36.7 Å². The number of hydrogen-bond donors (Lipinski definition) is 2. The summed E-state index contributed by atoms with van der Waals surface area (Å²) in [7, 11) is 1.47. The first-order valence-corrected chi connectivity index (χ1v) is 12.5. The van der Waals surface area contributed by atoms with Crippen LogP contribution in [0.5, 0.6) is 11.5 Å². The van der Waals surface area contributed by atoms with E-state index in [1.807, 2.05) is 12.1 Å². The van der Waals surface area contributed by atoms with E-state index in [9.17, 15) is 9.59 Å². The van der Waals surface area contributed by atoms with E-state index in [0.717, 1.165) is 28.6 Å². The molecule has 0 saturated heterocycles. The zero-order chi connectivity index (χ0) is 25.7. The number of thiophene rings is 1. The number of benzene rings is 2. The van der Waals surface area contributed by atoms with Gasteiger partial charge < -0.3 is 19.9 Å². The molecule has 186 valence electrons. The van der Waals surface area contributed by atoms with Gasteiger partial charge in [-0.2, -0.15) is 0 Å². The summed E-state index contributed by atoms with van der Waals surface area (Å²) in [6.07, 6.45) is 0.788. The number of aromatic nitrogens is 1. The van der Waals surface area contributed by atoms with Crippen LogP contribution in [-0.2, 0) is 6.42 Å². The fourth-order valence-corrected chi connectivity index (χ4v) is 5.02. The number of aliphatic hydroxyl groups is 1. The van der Waals surface area contributed by atoms with Gasteiger partial charge in [-0.25, -0.2) is 4.98 Å². The third-order valence-corrected chi connectivity index (χ3v) is 7.01. The summed E-state index contributed by atoms with van der Waals surface area (Å²) in [4.78, 5) is 30.4. The molecular formula is C28H28N2O5S. The van der Waals surface area contributed by atoms with Crippen LogP contribution in [0, 0.1) is 6.92 Å². The first-order valence-electron chi connectivity index (χ1n) is 11.7. The van der Waals surface area contributed by atoms with Crippen molar-refractivity contribution in [2.24, 2.45) is 0 Å². The maximum atomic E-state index is 13.0. The average Bonchev–Trinajstić information content (AvgIpc) is 3.35. The van der Waals surface area contributed by atoms with Gasteiger partial charge in [0.1, 0.15) is 12.3 Å². The maximum absolute atomic E-state index is 13.0. The third kappa shape index (κ3) is 5.24. The van der Waals surface area contributed by atoms with Gasteiger partial charge in [0, 0.05) is 26.6 Å². The number of nitrogens with zero attached hydrogens (tertiary/aromatic N) is 1. The van der Waals surface area contributed by atoms with Crippen molar-refractivity contribution < 1.29 is 24.2 Å². The summed E-state index contributed by atoms with van der Waals surface area (Å²) in [5.74, 6) is 0.0862. The molecule has 2 aromatic carbocycles. The largest absolute Gasteiger partial charge is 0.493 e. The number of Topliss-reactive ketones (excluding diaryl/α,β-unsaturated/α-hetero) is 1. The quantitative estimate of drug-likeness (QED) is 0.300. The Labute approximate surface area is 213 Å². The van der Waals surface area contributed by atoms with Crippen LogP contribution in [0.15, 0.2) is 53.9 Å². The standard InChI is InChI=1S/C28H28N2O5S/c1-4-18-8-10-22(30-26(18)21-16-36-27-17(2)6-5-7-20(21)27)23(32)15-29-28(33)19-9-11-24(35-13-12-31)25(14-19)34-3/h5-11,14,16,31H,4,12-13,15H2,1-3H3,(H,29,33). The minimum atomic E-state index is -0.417. The van der Waals surface area contributed by atoms with Crippen molar-refractivity contribution in [2.45, 2.75) is 20.3 Å². The topological polar surface area (TPSA) is 97.8 Å². The normalized spacial score (nSPS) is 10.9. The van der Waals surface area contributed by atoms with Gasteiger partial charge in [-0.15, -0.1) is 11.3 Å². The van der Waals surface area contributed by atoms with Crippen LogP contribution >= 0.6 is 11.3 Å². The van der Waals surface area contributed by atoms with E-state index in [4.69, 9.17) is 19.6 Å². The van der Waals surface area contributed by atoms with Crippen LogP contribution < -0.4 is 14.8 Å². The summed E-state index contributed by atoms with van der Waals surface area (Å²) in [6.45, 7) is 3.94. The Kier molecular flexibility index (Phi) is 7.97. The van der Waals surface area contributed by atoms with E-state index in [1.54, 1.807) is 29.5 Å². The summed E-state index contributed by atoms with van der Waals surface area (Å²) in [6, 6.07) is 14.6. The predicted molar refractivity (Wildman–Crippen MR) is 141 cm³/mol. The predicted octanol–water partition coefficient (Wildman–Crippen LogP) is 4.83. The van der Waals surface area contributed by atoms with Crippen LogP contribution in [0.4, 0.5) is 0 Å². The monoisotopic (exact) mass is 504 g/mol. The highest BCUT2D eigenvalue weighted by atomic mass is 32.1. The number of hydrogen-bond acceptors (Lipinski definition) is 7. The van der Waals surface area contributed by atoms with Gasteiger partial charge in [-0.1, -0.05) is 31.2 Å². The van der Waals surface area contributed by atoms with Gasteiger partial charge in [-0.05, 0) is 48.7 Å². The number of ketones is 1. The van der Waals surface area contributed by atoms with Crippen LogP contribution in [0.1, 0.15) is 38.9 Å².